The molecule has 0 rings (SSSR count). The van der Waals surface area contributed by atoms with E-state index in [9.17, 15) is 14.4 Å². The van der Waals surface area contributed by atoms with E-state index in [1.54, 1.807) is 20.8 Å². The lowest BCUT2D eigenvalue weighted by Gasteiger charge is -2.24. The zero-order valence-electron chi connectivity index (χ0n) is 13.5. The Morgan fingerprint density at radius 3 is 1.48 bits per heavy atom. The Morgan fingerprint density at radius 2 is 1.14 bits per heavy atom. The first-order valence-electron chi connectivity index (χ1n) is 7.38. The predicted molar refractivity (Wildman–Crippen MR) is 76.3 cm³/mol. The summed E-state index contributed by atoms with van der Waals surface area (Å²) in [6.45, 7) is 9.21. The average molecular weight is 302 g/mol. The average Bonchev–Trinajstić information content (AvgIpc) is 2.38. The van der Waals surface area contributed by atoms with Gasteiger partial charge in [0, 0.05) is 0 Å². The molecular formula is C15H26O6. The van der Waals surface area contributed by atoms with Gasteiger partial charge in [0.1, 0.15) is 0 Å². The number of rotatable bonds is 9. The van der Waals surface area contributed by atoms with Crippen molar-refractivity contribution >= 4 is 17.9 Å². The maximum absolute atomic E-state index is 12.1. The lowest BCUT2D eigenvalue weighted by atomic mass is 9.85. The van der Waals surface area contributed by atoms with Crippen LogP contribution in [0.4, 0.5) is 0 Å². The summed E-state index contributed by atoms with van der Waals surface area (Å²) in [5.74, 6) is -4.10. The topological polar surface area (TPSA) is 78.9 Å². The van der Waals surface area contributed by atoms with Crippen LogP contribution in [-0.2, 0) is 28.6 Å². The number of esters is 3. The highest BCUT2D eigenvalue weighted by Crippen LogP contribution is 2.25. The lowest BCUT2D eigenvalue weighted by Crippen LogP contribution is -2.39. The van der Waals surface area contributed by atoms with Gasteiger partial charge < -0.3 is 14.2 Å². The molecule has 0 fully saturated rings. The third-order valence-electron chi connectivity index (χ3n) is 2.80. The molecule has 1 atom stereocenters. The van der Waals surface area contributed by atoms with Gasteiger partial charge in [0.05, 0.1) is 25.7 Å². The molecule has 0 aliphatic rings. The molecule has 6 nitrogen and oxygen atoms in total. The number of carbonyl (C=O) groups is 3. The normalized spacial score (nSPS) is 12.1. The van der Waals surface area contributed by atoms with Crippen LogP contribution in [0.5, 0.6) is 0 Å². The molecule has 0 aromatic carbocycles. The fourth-order valence-corrected chi connectivity index (χ4v) is 2.01. The van der Waals surface area contributed by atoms with E-state index in [1.807, 2.05) is 13.8 Å². The standard InChI is InChI=1S/C15H26O6/c1-6-19-13(16)11(9-10(4)5)12(14(17)20-7-2)15(18)21-8-3/h10-12H,6-9H2,1-5H3. The van der Waals surface area contributed by atoms with Crippen LogP contribution < -0.4 is 0 Å². The molecule has 0 amide bonds. The molecule has 0 saturated carbocycles. The van der Waals surface area contributed by atoms with Gasteiger partial charge in [-0.15, -0.1) is 0 Å². The molecule has 6 heteroatoms. The van der Waals surface area contributed by atoms with E-state index in [4.69, 9.17) is 14.2 Å². The molecular weight excluding hydrogens is 276 g/mol. The van der Waals surface area contributed by atoms with Crippen LogP contribution in [0, 0.1) is 17.8 Å². The second-order valence-electron chi connectivity index (χ2n) is 4.97. The number of carbonyl (C=O) groups excluding carboxylic acids is 3. The van der Waals surface area contributed by atoms with Gasteiger partial charge in [-0.05, 0) is 33.1 Å². The van der Waals surface area contributed by atoms with Crippen LogP contribution >= 0.6 is 0 Å². The van der Waals surface area contributed by atoms with Crippen molar-refractivity contribution in [2.75, 3.05) is 19.8 Å². The molecule has 0 aromatic rings. The summed E-state index contributed by atoms with van der Waals surface area (Å²) < 4.78 is 14.8. The van der Waals surface area contributed by atoms with Crippen LogP contribution in [0.2, 0.25) is 0 Å². The van der Waals surface area contributed by atoms with Crippen LogP contribution in [-0.4, -0.2) is 37.7 Å². The lowest BCUT2D eigenvalue weighted by molar-refractivity contribution is -0.172. The smallest absolute Gasteiger partial charge is 0.321 e. The summed E-state index contributed by atoms with van der Waals surface area (Å²) in [6.07, 6.45) is 0.348. The SMILES string of the molecule is CCOC(=O)C(CC(C)C)C(C(=O)OCC)C(=O)OCC. The van der Waals surface area contributed by atoms with Crippen molar-refractivity contribution < 1.29 is 28.6 Å². The fraction of sp³-hybridized carbons (Fsp3) is 0.800. The fourth-order valence-electron chi connectivity index (χ4n) is 2.01. The van der Waals surface area contributed by atoms with Crippen LogP contribution in [0.1, 0.15) is 41.0 Å². The second kappa shape index (κ2) is 10.2. The van der Waals surface area contributed by atoms with E-state index < -0.39 is 29.7 Å². The number of hydrogen-bond acceptors (Lipinski definition) is 6. The predicted octanol–water partition coefficient (Wildman–Crippen LogP) is 1.95. The highest BCUT2D eigenvalue weighted by atomic mass is 16.6. The van der Waals surface area contributed by atoms with Gasteiger partial charge in [0.25, 0.3) is 0 Å². The van der Waals surface area contributed by atoms with Gasteiger partial charge in [-0.1, -0.05) is 13.8 Å². The van der Waals surface area contributed by atoms with Crippen molar-refractivity contribution in [2.45, 2.75) is 41.0 Å². The summed E-state index contributed by atoms with van der Waals surface area (Å²) in [5, 5.41) is 0. The Hall–Kier alpha value is -1.59. The zero-order valence-corrected chi connectivity index (χ0v) is 13.5. The molecule has 0 aliphatic carbocycles. The van der Waals surface area contributed by atoms with E-state index in [-0.39, 0.29) is 25.7 Å². The quantitative estimate of drug-likeness (QED) is 0.368. The minimum atomic E-state index is -1.27. The van der Waals surface area contributed by atoms with E-state index in [1.165, 1.54) is 0 Å². The van der Waals surface area contributed by atoms with Gasteiger partial charge >= 0.3 is 17.9 Å². The van der Waals surface area contributed by atoms with Crippen LogP contribution in [0.15, 0.2) is 0 Å². The molecule has 122 valence electrons. The second-order valence-corrected chi connectivity index (χ2v) is 4.97. The first-order valence-corrected chi connectivity index (χ1v) is 7.38. The van der Waals surface area contributed by atoms with Crippen molar-refractivity contribution in [1.82, 2.24) is 0 Å². The van der Waals surface area contributed by atoms with E-state index in [0.717, 1.165) is 0 Å². The Kier molecular flexibility index (Phi) is 9.41. The minimum absolute atomic E-state index is 0.116. The molecule has 0 radical (unpaired) electrons. The Morgan fingerprint density at radius 1 is 0.762 bits per heavy atom. The van der Waals surface area contributed by atoms with Crippen LogP contribution in [0.25, 0.3) is 0 Å². The summed E-state index contributed by atoms with van der Waals surface area (Å²) in [6, 6.07) is 0. The maximum atomic E-state index is 12.1. The van der Waals surface area contributed by atoms with E-state index in [2.05, 4.69) is 0 Å². The van der Waals surface area contributed by atoms with Crippen molar-refractivity contribution in [3.05, 3.63) is 0 Å². The summed E-state index contributed by atoms with van der Waals surface area (Å²) >= 11 is 0. The molecule has 0 heterocycles. The first-order chi connectivity index (χ1) is 9.88. The minimum Gasteiger partial charge on any atom is -0.466 e. The van der Waals surface area contributed by atoms with Crippen molar-refractivity contribution in [1.29, 1.82) is 0 Å². The van der Waals surface area contributed by atoms with E-state index in [0.29, 0.717) is 6.42 Å². The molecule has 0 aliphatic heterocycles. The van der Waals surface area contributed by atoms with Gasteiger partial charge in [-0.3, -0.25) is 14.4 Å². The number of ether oxygens (including phenoxy) is 3. The highest BCUT2D eigenvalue weighted by molar-refractivity contribution is 5.99. The molecule has 0 saturated heterocycles. The molecule has 1 unspecified atom stereocenters. The van der Waals surface area contributed by atoms with Gasteiger partial charge in [0.15, 0.2) is 5.92 Å². The molecule has 0 bridgehead atoms. The third kappa shape index (κ3) is 6.60. The summed E-state index contributed by atoms with van der Waals surface area (Å²) in [5.41, 5.74) is 0. The third-order valence-corrected chi connectivity index (χ3v) is 2.80. The largest absolute Gasteiger partial charge is 0.466 e. The molecule has 0 N–H and O–H groups in total. The Bertz CT molecular complexity index is 332. The van der Waals surface area contributed by atoms with E-state index >= 15 is 0 Å². The Labute approximate surface area is 126 Å². The van der Waals surface area contributed by atoms with Gasteiger partial charge in [-0.25, -0.2) is 0 Å². The summed E-state index contributed by atoms with van der Waals surface area (Å²) in [7, 11) is 0. The highest BCUT2D eigenvalue weighted by Gasteiger charge is 2.42. The van der Waals surface area contributed by atoms with Gasteiger partial charge in [-0.2, -0.15) is 0 Å². The maximum Gasteiger partial charge on any atom is 0.321 e. The molecule has 0 aromatic heterocycles. The Balaban J connectivity index is 5.37. The van der Waals surface area contributed by atoms with Crippen molar-refractivity contribution in [3.63, 3.8) is 0 Å². The van der Waals surface area contributed by atoms with Crippen LogP contribution in [0.3, 0.4) is 0 Å². The summed E-state index contributed by atoms with van der Waals surface area (Å²) in [4.78, 5) is 36.2. The molecule has 0 spiro atoms. The van der Waals surface area contributed by atoms with Crippen molar-refractivity contribution in [2.24, 2.45) is 17.8 Å². The van der Waals surface area contributed by atoms with Crippen molar-refractivity contribution in [3.8, 4) is 0 Å². The zero-order chi connectivity index (χ0) is 16.4. The van der Waals surface area contributed by atoms with Gasteiger partial charge in [0.2, 0.25) is 0 Å². The first kappa shape index (κ1) is 19.4. The number of hydrogen-bond donors (Lipinski definition) is 0. The monoisotopic (exact) mass is 302 g/mol. The molecule has 21 heavy (non-hydrogen) atoms.